The van der Waals surface area contributed by atoms with E-state index in [1.54, 1.807) is 0 Å². The van der Waals surface area contributed by atoms with Gasteiger partial charge in [-0.15, -0.1) is 0 Å². The van der Waals surface area contributed by atoms with Crippen molar-refractivity contribution in [2.24, 2.45) is 0 Å². The summed E-state index contributed by atoms with van der Waals surface area (Å²) < 4.78 is 5.60. The highest BCUT2D eigenvalue weighted by atomic mass is 16.5. The molecule has 104 valence electrons. The van der Waals surface area contributed by atoms with Crippen LogP contribution >= 0.6 is 0 Å². The number of carbonyl (C=O) groups is 1. The molecule has 4 heteroatoms. The fourth-order valence-electron chi connectivity index (χ4n) is 2.32. The molecule has 1 saturated heterocycles. The van der Waals surface area contributed by atoms with Crippen LogP contribution in [0.3, 0.4) is 0 Å². The smallest absolute Gasteiger partial charge is 0.221 e. The van der Waals surface area contributed by atoms with E-state index in [-0.39, 0.29) is 11.9 Å². The van der Waals surface area contributed by atoms with Gasteiger partial charge in [-0.25, -0.2) is 0 Å². The van der Waals surface area contributed by atoms with E-state index < -0.39 is 0 Å². The first-order chi connectivity index (χ1) is 9.15. The summed E-state index contributed by atoms with van der Waals surface area (Å²) >= 11 is 0. The number of rotatable bonds is 5. The Morgan fingerprint density at radius 3 is 3.05 bits per heavy atom. The minimum atomic E-state index is -0.0443. The van der Waals surface area contributed by atoms with E-state index in [1.165, 1.54) is 18.9 Å². The first-order valence-corrected chi connectivity index (χ1v) is 6.87. The molecule has 2 atom stereocenters. The Labute approximate surface area is 114 Å². The zero-order valence-electron chi connectivity index (χ0n) is 11.6. The van der Waals surface area contributed by atoms with E-state index in [0.29, 0.717) is 6.10 Å². The molecule has 2 rings (SSSR count). The lowest BCUT2D eigenvalue weighted by Gasteiger charge is -2.18. The van der Waals surface area contributed by atoms with Crippen LogP contribution in [-0.2, 0) is 9.53 Å². The minimum absolute atomic E-state index is 0.0443. The summed E-state index contributed by atoms with van der Waals surface area (Å²) in [5, 5.41) is 6.29. The number of carbonyl (C=O) groups excluding carboxylic acids is 1. The molecule has 4 nitrogen and oxygen atoms in total. The predicted molar refractivity (Wildman–Crippen MR) is 76.1 cm³/mol. The standard InChI is InChI=1S/C15H22N2O2/c1-11(16-10-15-7-4-8-19-15)13-5-3-6-14(9-13)17-12(2)18/h3,5-6,9,11,15-16H,4,7-8,10H2,1-2H3,(H,17,18). The zero-order chi connectivity index (χ0) is 13.7. The number of nitrogens with one attached hydrogen (secondary N) is 2. The Morgan fingerprint density at radius 1 is 1.53 bits per heavy atom. The number of benzene rings is 1. The molecule has 0 aliphatic carbocycles. The average Bonchev–Trinajstić information content (AvgIpc) is 2.88. The molecular formula is C15H22N2O2. The minimum Gasteiger partial charge on any atom is -0.377 e. The maximum atomic E-state index is 11.1. The van der Waals surface area contributed by atoms with Crippen LogP contribution in [0.25, 0.3) is 0 Å². The van der Waals surface area contributed by atoms with Crippen LogP contribution in [0.2, 0.25) is 0 Å². The number of hydrogen-bond donors (Lipinski definition) is 2. The van der Waals surface area contributed by atoms with Gasteiger partial charge in [0.15, 0.2) is 0 Å². The molecule has 2 N–H and O–H groups in total. The first-order valence-electron chi connectivity index (χ1n) is 6.87. The third-order valence-corrected chi connectivity index (χ3v) is 3.38. The maximum absolute atomic E-state index is 11.1. The highest BCUT2D eigenvalue weighted by Crippen LogP contribution is 2.18. The van der Waals surface area contributed by atoms with Crippen LogP contribution < -0.4 is 10.6 Å². The SMILES string of the molecule is CC(=O)Nc1cccc(C(C)NCC2CCCO2)c1. The largest absolute Gasteiger partial charge is 0.377 e. The molecule has 1 aliphatic heterocycles. The predicted octanol–water partition coefficient (Wildman–Crippen LogP) is 2.47. The van der Waals surface area contributed by atoms with Crippen LogP contribution in [0.1, 0.15) is 38.3 Å². The molecule has 1 heterocycles. The van der Waals surface area contributed by atoms with E-state index >= 15 is 0 Å². The Kier molecular flexibility index (Phi) is 4.93. The highest BCUT2D eigenvalue weighted by molar-refractivity contribution is 5.88. The molecule has 0 aromatic heterocycles. The summed E-state index contributed by atoms with van der Waals surface area (Å²) in [6.07, 6.45) is 2.66. The van der Waals surface area contributed by atoms with E-state index in [0.717, 1.165) is 25.3 Å². The molecule has 1 aromatic rings. The molecule has 2 unspecified atom stereocenters. The van der Waals surface area contributed by atoms with E-state index in [9.17, 15) is 4.79 Å². The van der Waals surface area contributed by atoms with Crippen molar-refractivity contribution in [3.8, 4) is 0 Å². The van der Waals surface area contributed by atoms with Crippen LogP contribution in [0.4, 0.5) is 5.69 Å². The van der Waals surface area contributed by atoms with Gasteiger partial charge in [-0.05, 0) is 37.5 Å². The third kappa shape index (κ3) is 4.33. The number of hydrogen-bond acceptors (Lipinski definition) is 3. The highest BCUT2D eigenvalue weighted by Gasteiger charge is 2.16. The third-order valence-electron chi connectivity index (χ3n) is 3.38. The molecule has 0 bridgehead atoms. The van der Waals surface area contributed by atoms with Gasteiger partial charge in [0.05, 0.1) is 6.10 Å². The normalized spacial score (nSPS) is 20.2. The van der Waals surface area contributed by atoms with Crippen molar-refractivity contribution in [3.05, 3.63) is 29.8 Å². The number of ether oxygens (including phenoxy) is 1. The second-order valence-electron chi connectivity index (χ2n) is 5.07. The van der Waals surface area contributed by atoms with Gasteiger partial charge in [0, 0.05) is 31.8 Å². The lowest BCUT2D eigenvalue weighted by Crippen LogP contribution is -2.28. The first kappa shape index (κ1) is 14.0. The fraction of sp³-hybridized carbons (Fsp3) is 0.533. The Bertz CT molecular complexity index is 428. The summed E-state index contributed by atoms with van der Waals surface area (Å²) in [7, 11) is 0. The van der Waals surface area contributed by atoms with Crippen LogP contribution in [0, 0.1) is 0 Å². The van der Waals surface area contributed by atoms with Crippen molar-refractivity contribution in [1.29, 1.82) is 0 Å². The van der Waals surface area contributed by atoms with Gasteiger partial charge < -0.3 is 15.4 Å². The van der Waals surface area contributed by atoms with Gasteiger partial charge >= 0.3 is 0 Å². The zero-order valence-corrected chi connectivity index (χ0v) is 11.6. The van der Waals surface area contributed by atoms with Gasteiger partial charge in [0.1, 0.15) is 0 Å². The monoisotopic (exact) mass is 262 g/mol. The van der Waals surface area contributed by atoms with Gasteiger partial charge in [-0.3, -0.25) is 4.79 Å². The summed E-state index contributed by atoms with van der Waals surface area (Å²) in [4.78, 5) is 11.1. The van der Waals surface area contributed by atoms with Gasteiger partial charge in [0.25, 0.3) is 0 Å². The summed E-state index contributed by atoms with van der Waals surface area (Å²) in [6.45, 7) is 5.41. The van der Waals surface area contributed by atoms with E-state index in [2.05, 4.69) is 23.6 Å². The van der Waals surface area contributed by atoms with Crippen LogP contribution in [-0.4, -0.2) is 25.2 Å². The second kappa shape index (κ2) is 6.68. The molecule has 1 aliphatic rings. The molecule has 1 aromatic carbocycles. The number of amides is 1. The van der Waals surface area contributed by atoms with Crippen molar-refractivity contribution in [2.45, 2.75) is 38.8 Å². The summed E-state index contributed by atoms with van der Waals surface area (Å²) in [5.41, 5.74) is 2.01. The molecular weight excluding hydrogens is 240 g/mol. The molecule has 1 fully saturated rings. The molecule has 1 amide bonds. The van der Waals surface area contributed by atoms with Crippen molar-refractivity contribution in [3.63, 3.8) is 0 Å². The summed E-state index contributed by atoms with van der Waals surface area (Å²) in [6, 6.07) is 8.19. The molecule has 19 heavy (non-hydrogen) atoms. The fourth-order valence-corrected chi connectivity index (χ4v) is 2.32. The Hall–Kier alpha value is -1.39. The van der Waals surface area contributed by atoms with Crippen molar-refractivity contribution >= 4 is 11.6 Å². The summed E-state index contributed by atoms with van der Waals surface area (Å²) in [5.74, 6) is -0.0443. The van der Waals surface area contributed by atoms with Crippen LogP contribution in [0.5, 0.6) is 0 Å². The van der Waals surface area contributed by atoms with E-state index in [1.807, 2.05) is 18.2 Å². The number of anilines is 1. The molecule has 0 radical (unpaired) electrons. The van der Waals surface area contributed by atoms with Gasteiger partial charge in [0.2, 0.25) is 5.91 Å². The molecule has 0 saturated carbocycles. The topological polar surface area (TPSA) is 50.4 Å². The Balaban J connectivity index is 1.90. The molecule has 0 spiro atoms. The van der Waals surface area contributed by atoms with Gasteiger partial charge in [-0.1, -0.05) is 12.1 Å². The maximum Gasteiger partial charge on any atom is 0.221 e. The second-order valence-corrected chi connectivity index (χ2v) is 5.07. The van der Waals surface area contributed by atoms with Crippen molar-refractivity contribution in [1.82, 2.24) is 5.32 Å². The van der Waals surface area contributed by atoms with Crippen LogP contribution in [0.15, 0.2) is 24.3 Å². The van der Waals surface area contributed by atoms with Crippen molar-refractivity contribution < 1.29 is 9.53 Å². The lowest BCUT2D eigenvalue weighted by molar-refractivity contribution is -0.114. The van der Waals surface area contributed by atoms with Crippen molar-refractivity contribution in [2.75, 3.05) is 18.5 Å². The van der Waals surface area contributed by atoms with Gasteiger partial charge in [-0.2, -0.15) is 0 Å². The van der Waals surface area contributed by atoms with E-state index in [4.69, 9.17) is 4.74 Å². The average molecular weight is 262 g/mol. The quantitative estimate of drug-likeness (QED) is 0.857. The lowest BCUT2D eigenvalue weighted by atomic mass is 10.1. The Morgan fingerprint density at radius 2 is 2.37 bits per heavy atom.